The molecule has 22 heavy (non-hydrogen) atoms. The molecule has 0 radical (unpaired) electrons. The summed E-state index contributed by atoms with van der Waals surface area (Å²) in [6.45, 7) is 1.87. The Balaban J connectivity index is 1.95. The lowest BCUT2D eigenvalue weighted by Gasteiger charge is -2.26. The smallest absolute Gasteiger partial charge is 0.327 e. The number of ether oxygens (including phenoxy) is 1. The van der Waals surface area contributed by atoms with Crippen molar-refractivity contribution in [3.63, 3.8) is 0 Å². The van der Waals surface area contributed by atoms with Gasteiger partial charge in [-0.1, -0.05) is 0 Å². The van der Waals surface area contributed by atoms with Crippen molar-refractivity contribution in [2.45, 2.75) is 23.8 Å². The number of hydrogen-bond acceptors (Lipinski definition) is 6. The molecular formula is C14H18F2N2O2S2. The van der Waals surface area contributed by atoms with Crippen LogP contribution in [0.5, 0.6) is 0 Å². The van der Waals surface area contributed by atoms with E-state index in [1.165, 1.54) is 0 Å². The zero-order chi connectivity index (χ0) is 15.9. The first-order chi connectivity index (χ1) is 10.5. The number of halogens is 2. The van der Waals surface area contributed by atoms with E-state index >= 15 is 0 Å². The third-order valence-electron chi connectivity index (χ3n) is 4.17. The van der Waals surface area contributed by atoms with E-state index < -0.39 is 12.4 Å². The molecule has 2 atom stereocenters. The van der Waals surface area contributed by atoms with Crippen LogP contribution >= 0.6 is 23.5 Å². The molecule has 0 aromatic heterocycles. The van der Waals surface area contributed by atoms with Gasteiger partial charge >= 0.3 is 5.97 Å². The van der Waals surface area contributed by atoms with Gasteiger partial charge in [-0.2, -0.15) is 0 Å². The molecule has 2 N–H and O–H groups in total. The van der Waals surface area contributed by atoms with Gasteiger partial charge in [0, 0.05) is 17.1 Å². The number of fused-ring (bicyclic) bond motifs is 2. The molecule has 3 aliphatic rings. The Bertz CT molecular complexity index is 545. The molecule has 0 bridgehead atoms. The fraction of sp³-hybridized carbons (Fsp3) is 0.714. The van der Waals surface area contributed by atoms with Gasteiger partial charge in [0.25, 0.3) is 6.43 Å². The van der Waals surface area contributed by atoms with Crippen molar-refractivity contribution in [2.75, 3.05) is 24.7 Å². The molecule has 1 spiro atoms. The number of thioether (sulfide) groups is 2. The van der Waals surface area contributed by atoms with Crippen LogP contribution in [0.2, 0.25) is 0 Å². The molecule has 8 heteroatoms. The summed E-state index contributed by atoms with van der Waals surface area (Å²) in [6, 6.07) is 0. The van der Waals surface area contributed by atoms with Crippen molar-refractivity contribution in [2.24, 2.45) is 22.6 Å². The predicted octanol–water partition coefficient (Wildman–Crippen LogP) is 2.29. The standard InChI is InChI=1S/C14H18F2N2O2S2/c1-2-20-9(19)6-18-12-10(11(17)13(15)16)7-5-8(7)14(12)21-3-4-22-14/h7-8,13H,2-6,17H2,1H3. The molecule has 4 nitrogen and oxygen atoms in total. The highest BCUT2D eigenvalue weighted by atomic mass is 32.2. The van der Waals surface area contributed by atoms with Crippen LogP contribution in [-0.2, 0) is 9.53 Å². The van der Waals surface area contributed by atoms with E-state index in [0.717, 1.165) is 17.9 Å². The number of alkyl halides is 2. The van der Waals surface area contributed by atoms with E-state index in [1.54, 1.807) is 30.4 Å². The molecule has 2 saturated carbocycles. The zero-order valence-corrected chi connectivity index (χ0v) is 13.8. The van der Waals surface area contributed by atoms with Crippen LogP contribution in [0, 0.1) is 11.8 Å². The Hall–Kier alpha value is -0.760. The number of rotatable bonds is 4. The van der Waals surface area contributed by atoms with Crippen molar-refractivity contribution in [3.05, 3.63) is 11.3 Å². The Morgan fingerprint density at radius 1 is 1.50 bits per heavy atom. The SMILES string of the molecule is CCOC(=O)CN=C1C(=C(N)C(F)F)C2CC2C12SCCS2. The van der Waals surface area contributed by atoms with Gasteiger partial charge in [-0.25, -0.2) is 8.78 Å². The second-order valence-corrected chi connectivity index (χ2v) is 8.39. The lowest BCUT2D eigenvalue weighted by molar-refractivity contribution is -0.141. The van der Waals surface area contributed by atoms with E-state index in [4.69, 9.17) is 10.5 Å². The second-order valence-electron chi connectivity index (χ2n) is 5.45. The van der Waals surface area contributed by atoms with E-state index in [0.29, 0.717) is 17.2 Å². The molecule has 2 unspecified atom stereocenters. The van der Waals surface area contributed by atoms with Crippen LogP contribution in [0.15, 0.2) is 16.3 Å². The minimum absolute atomic E-state index is 0.0769. The van der Waals surface area contributed by atoms with Gasteiger partial charge in [0.2, 0.25) is 0 Å². The molecule has 2 aliphatic carbocycles. The number of carbonyl (C=O) groups is 1. The highest BCUT2D eigenvalue weighted by molar-refractivity contribution is 8.22. The van der Waals surface area contributed by atoms with E-state index in [-0.39, 0.29) is 28.8 Å². The molecular weight excluding hydrogens is 330 g/mol. The first kappa shape index (κ1) is 16.1. The Morgan fingerprint density at radius 3 is 2.77 bits per heavy atom. The van der Waals surface area contributed by atoms with Gasteiger partial charge in [-0.3, -0.25) is 9.79 Å². The number of allylic oxidation sites excluding steroid dienone is 2. The van der Waals surface area contributed by atoms with Gasteiger partial charge in [-0.05, 0) is 25.2 Å². The minimum atomic E-state index is -2.68. The summed E-state index contributed by atoms with van der Waals surface area (Å²) in [4.78, 5) is 15.9. The van der Waals surface area contributed by atoms with Gasteiger partial charge in [-0.15, -0.1) is 23.5 Å². The molecule has 3 rings (SSSR count). The molecule has 0 aromatic carbocycles. The average molecular weight is 348 g/mol. The van der Waals surface area contributed by atoms with Crippen LogP contribution in [0.1, 0.15) is 13.3 Å². The maximum Gasteiger partial charge on any atom is 0.327 e. The van der Waals surface area contributed by atoms with Crippen molar-refractivity contribution >= 4 is 35.2 Å². The Labute approximate surface area is 136 Å². The van der Waals surface area contributed by atoms with Gasteiger partial charge in [0.15, 0.2) is 0 Å². The molecule has 1 heterocycles. The predicted molar refractivity (Wildman–Crippen MR) is 85.4 cm³/mol. The van der Waals surface area contributed by atoms with Crippen molar-refractivity contribution in [1.82, 2.24) is 0 Å². The van der Waals surface area contributed by atoms with Crippen LogP contribution in [0.3, 0.4) is 0 Å². The first-order valence-corrected chi connectivity index (χ1v) is 9.25. The maximum atomic E-state index is 13.1. The lowest BCUT2D eigenvalue weighted by atomic mass is 10.1. The number of carbonyl (C=O) groups excluding carboxylic acids is 1. The minimum Gasteiger partial charge on any atom is -0.465 e. The number of hydrogen-bond donors (Lipinski definition) is 1. The number of nitrogens with two attached hydrogens (primary N) is 1. The summed E-state index contributed by atoms with van der Waals surface area (Å²) in [5.41, 5.74) is 6.38. The lowest BCUT2D eigenvalue weighted by Crippen LogP contribution is -2.31. The first-order valence-electron chi connectivity index (χ1n) is 7.27. The van der Waals surface area contributed by atoms with Crippen molar-refractivity contribution in [3.8, 4) is 0 Å². The van der Waals surface area contributed by atoms with Crippen molar-refractivity contribution in [1.29, 1.82) is 0 Å². The van der Waals surface area contributed by atoms with Crippen LogP contribution in [-0.4, -0.2) is 46.8 Å². The topological polar surface area (TPSA) is 64.7 Å². The Kier molecular flexibility index (Phi) is 4.42. The number of esters is 1. The third kappa shape index (κ3) is 2.54. The number of aliphatic imine (C=N–C) groups is 1. The monoisotopic (exact) mass is 348 g/mol. The highest BCUT2D eigenvalue weighted by Crippen LogP contribution is 2.70. The molecule has 1 saturated heterocycles. The van der Waals surface area contributed by atoms with Crippen LogP contribution in [0.25, 0.3) is 0 Å². The summed E-state index contributed by atoms with van der Waals surface area (Å²) in [7, 11) is 0. The third-order valence-corrected chi connectivity index (χ3v) is 7.80. The summed E-state index contributed by atoms with van der Waals surface area (Å²) in [6.07, 6.45) is -1.79. The fourth-order valence-corrected chi connectivity index (χ4v) is 6.94. The highest BCUT2D eigenvalue weighted by Gasteiger charge is 2.67. The summed E-state index contributed by atoms with van der Waals surface area (Å²) in [5, 5.41) is 0. The van der Waals surface area contributed by atoms with Crippen LogP contribution in [0.4, 0.5) is 8.78 Å². The average Bonchev–Trinajstić information content (AvgIpc) is 3.04. The molecule has 0 amide bonds. The summed E-state index contributed by atoms with van der Waals surface area (Å²) < 4.78 is 30.8. The summed E-state index contributed by atoms with van der Waals surface area (Å²) >= 11 is 3.51. The summed E-state index contributed by atoms with van der Waals surface area (Å²) in [5.74, 6) is 1.89. The fourth-order valence-electron chi connectivity index (χ4n) is 3.27. The van der Waals surface area contributed by atoms with Gasteiger partial charge in [0.1, 0.15) is 10.6 Å². The van der Waals surface area contributed by atoms with Gasteiger partial charge in [0.05, 0.1) is 18.0 Å². The maximum absolute atomic E-state index is 13.1. The zero-order valence-electron chi connectivity index (χ0n) is 12.2. The Morgan fingerprint density at radius 2 is 2.18 bits per heavy atom. The van der Waals surface area contributed by atoms with Crippen LogP contribution < -0.4 is 5.73 Å². The largest absolute Gasteiger partial charge is 0.465 e. The molecule has 3 fully saturated rings. The van der Waals surface area contributed by atoms with Crippen molar-refractivity contribution < 1.29 is 18.3 Å². The second kappa shape index (κ2) is 6.03. The van der Waals surface area contributed by atoms with E-state index in [1.807, 2.05) is 0 Å². The van der Waals surface area contributed by atoms with E-state index in [9.17, 15) is 13.6 Å². The van der Waals surface area contributed by atoms with Gasteiger partial charge < -0.3 is 10.5 Å². The molecule has 0 aromatic rings. The quantitative estimate of drug-likeness (QED) is 0.790. The molecule has 1 aliphatic heterocycles. The molecule has 122 valence electrons. The van der Waals surface area contributed by atoms with E-state index in [2.05, 4.69) is 4.99 Å². The number of nitrogens with zero attached hydrogens (tertiary/aromatic N) is 1. The normalized spacial score (nSPS) is 32.6.